The highest BCUT2D eigenvalue weighted by Gasteiger charge is 2.06. The summed E-state index contributed by atoms with van der Waals surface area (Å²) in [7, 11) is 0. The van der Waals surface area contributed by atoms with E-state index in [0.29, 0.717) is 12.3 Å². The van der Waals surface area contributed by atoms with E-state index in [1.807, 2.05) is 19.9 Å². The van der Waals surface area contributed by atoms with Gasteiger partial charge in [-0.25, -0.2) is 4.39 Å². The fourth-order valence-corrected chi connectivity index (χ4v) is 1.41. The van der Waals surface area contributed by atoms with Gasteiger partial charge in [0.05, 0.1) is 6.10 Å². The van der Waals surface area contributed by atoms with Crippen LogP contribution in [0.1, 0.15) is 32.8 Å². The average molecular weight is 225 g/mol. The van der Waals surface area contributed by atoms with Crippen molar-refractivity contribution in [1.29, 1.82) is 0 Å². The van der Waals surface area contributed by atoms with Crippen molar-refractivity contribution in [3.63, 3.8) is 0 Å². The Kier molecular flexibility index (Phi) is 5.26. The number of nitrogens with one attached hydrogen (secondary N) is 1. The first-order chi connectivity index (χ1) is 7.63. The minimum absolute atomic E-state index is 0.00133. The Morgan fingerprint density at radius 2 is 2.12 bits per heavy atom. The van der Waals surface area contributed by atoms with Crippen LogP contribution in [0.2, 0.25) is 0 Å². The smallest absolute Gasteiger partial charge is 0.165 e. The van der Waals surface area contributed by atoms with Crippen LogP contribution in [0.15, 0.2) is 18.2 Å². The molecule has 0 unspecified atom stereocenters. The topological polar surface area (TPSA) is 21.3 Å². The molecule has 2 nitrogen and oxygen atoms in total. The molecule has 0 saturated heterocycles. The van der Waals surface area contributed by atoms with Crippen LogP contribution in [0.4, 0.5) is 4.39 Å². The van der Waals surface area contributed by atoms with Crippen molar-refractivity contribution in [1.82, 2.24) is 5.32 Å². The van der Waals surface area contributed by atoms with E-state index in [4.69, 9.17) is 4.74 Å². The molecular weight excluding hydrogens is 205 g/mol. The van der Waals surface area contributed by atoms with Gasteiger partial charge in [-0.15, -0.1) is 0 Å². The van der Waals surface area contributed by atoms with Crippen LogP contribution in [0.3, 0.4) is 0 Å². The number of benzene rings is 1. The van der Waals surface area contributed by atoms with Crippen molar-refractivity contribution >= 4 is 0 Å². The largest absolute Gasteiger partial charge is 0.488 e. The number of rotatable bonds is 6. The summed E-state index contributed by atoms with van der Waals surface area (Å²) in [5, 5.41) is 3.23. The Bertz CT molecular complexity index is 326. The molecule has 0 spiro atoms. The van der Waals surface area contributed by atoms with Crippen molar-refractivity contribution < 1.29 is 9.13 Å². The predicted molar refractivity (Wildman–Crippen MR) is 64.2 cm³/mol. The van der Waals surface area contributed by atoms with Gasteiger partial charge in [-0.1, -0.05) is 13.0 Å². The van der Waals surface area contributed by atoms with E-state index >= 15 is 0 Å². The highest BCUT2D eigenvalue weighted by Crippen LogP contribution is 2.19. The van der Waals surface area contributed by atoms with Crippen LogP contribution in [0.5, 0.6) is 5.75 Å². The lowest BCUT2D eigenvalue weighted by molar-refractivity contribution is 0.231. The first kappa shape index (κ1) is 13.0. The summed E-state index contributed by atoms with van der Waals surface area (Å²) >= 11 is 0. The Morgan fingerprint density at radius 1 is 1.38 bits per heavy atom. The van der Waals surface area contributed by atoms with Crippen LogP contribution < -0.4 is 10.1 Å². The third-order valence-corrected chi connectivity index (χ3v) is 2.11. The van der Waals surface area contributed by atoms with E-state index in [2.05, 4.69) is 12.2 Å². The Morgan fingerprint density at radius 3 is 2.69 bits per heavy atom. The summed E-state index contributed by atoms with van der Waals surface area (Å²) in [6.07, 6.45) is 1.08. The lowest BCUT2D eigenvalue weighted by Crippen LogP contribution is -2.14. The molecule has 1 aromatic carbocycles. The zero-order chi connectivity index (χ0) is 12.0. The molecule has 0 aliphatic rings. The van der Waals surface area contributed by atoms with Gasteiger partial charge in [-0.3, -0.25) is 0 Å². The van der Waals surface area contributed by atoms with Gasteiger partial charge in [-0.05, 0) is 44.5 Å². The minimum Gasteiger partial charge on any atom is -0.488 e. The SMILES string of the molecule is CCCNCc1ccc(OC(C)C)c(F)c1. The van der Waals surface area contributed by atoms with Crippen LogP contribution in [0.25, 0.3) is 0 Å². The normalized spacial score (nSPS) is 10.8. The maximum absolute atomic E-state index is 13.6. The molecule has 1 aromatic rings. The quantitative estimate of drug-likeness (QED) is 0.751. The van der Waals surface area contributed by atoms with Crippen molar-refractivity contribution in [2.45, 2.75) is 39.8 Å². The molecule has 0 saturated carbocycles. The molecule has 0 aromatic heterocycles. The molecule has 0 amide bonds. The summed E-state index contributed by atoms with van der Waals surface area (Å²) in [4.78, 5) is 0. The molecule has 3 heteroatoms. The van der Waals surface area contributed by atoms with Gasteiger partial charge in [-0.2, -0.15) is 0 Å². The van der Waals surface area contributed by atoms with E-state index in [-0.39, 0.29) is 11.9 Å². The van der Waals surface area contributed by atoms with Gasteiger partial charge < -0.3 is 10.1 Å². The lowest BCUT2D eigenvalue weighted by Gasteiger charge is -2.11. The van der Waals surface area contributed by atoms with E-state index in [9.17, 15) is 4.39 Å². The Labute approximate surface area is 96.8 Å². The van der Waals surface area contributed by atoms with Crippen molar-refractivity contribution in [2.24, 2.45) is 0 Å². The first-order valence-electron chi connectivity index (χ1n) is 5.79. The van der Waals surface area contributed by atoms with Crippen molar-refractivity contribution in [3.8, 4) is 5.75 Å². The second-order valence-corrected chi connectivity index (χ2v) is 4.11. The zero-order valence-electron chi connectivity index (χ0n) is 10.2. The molecule has 0 radical (unpaired) electrons. The highest BCUT2D eigenvalue weighted by atomic mass is 19.1. The summed E-state index contributed by atoms with van der Waals surface area (Å²) in [5.74, 6) is 0.0405. The molecule has 0 aliphatic carbocycles. The van der Waals surface area contributed by atoms with E-state index in [0.717, 1.165) is 18.5 Å². The standard InChI is InChI=1S/C13H20FNO/c1-4-7-15-9-11-5-6-13(12(14)8-11)16-10(2)3/h5-6,8,10,15H,4,7,9H2,1-3H3. The fourth-order valence-electron chi connectivity index (χ4n) is 1.41. The Hall–Kier alpha value is -1.09. The van der Waals surface area contributed by atoms with Gasteiger partial charge in [0.15, 0.2) is 11.6 Å². The molecule has 0 bridgehead atoms. The van der Waals surface area contributed by atoms with Gasteiger partial charge in [0.2, 0.25) is 0 Å². The van der Waals surface area contributed by atoms with Crippen LogP contribution in [0, 0.1) is 5.82 Å². The third kappa shape index (κ3) is 4.19. The lowest BCUT2D eigenvalue weighted by atomic mass is 10.2. The van der Waals surface area contributed by atoms with Crippen LogP contribution >= 0.6 is 0 Å². The highest BCUT2D eigenvalue weighted by molar-refractivity contribution is 5.29. The fraction of sp³-hybridized carbons (Fsp3) is 0.538. The van der Waals surface area contributed by atoms with Crippen LogP contribution in [-0.4, -0.2) is 12.6 Å². The number of hydrogen-bond donors (Lipinski definition) is 1. The number of hydrogen-bond acceptors (Lipinski definition) is 2. The molecule has 0 atom stereocenters. The molecule has 0 fully saturated rings. The van der Waals surface area contributed by atoms with Gasteiger partial charge in [0.25, 0.3) is 0 Å². The molecule has 0 heterocycles. The number of halogens is 1. The molecule has 1 N–H and O–H groups in total. The zero-order valence-corrected chi connectivity index (χ0v) is 10.2. The molecule has 16 heavy (non-hydrogen) atoms. The molecular formula is C13H20FNO. The van der Waals surface area contributed by atoms with E-state index in [1.165, 1.54) is 6.07 Å². The van der Waals surface area contributed by atoms with Crippen molar-refractivity contribution in [2.75, 3.05) is 6.54 Å². The third-order valence-electron chi connectivity index (χ3n) is 2.11. The maximum atomic E-state index is 13.6. The molecule has 0 aliphatic heterocycles. The summed E-state index contributed by atoms with van der Waals surface area (Å²) < 4.78 is 18.9. The summed E-state index contributed by atoms with van der Waals surface area (Å²) in [6, 6.07) is 5.11. The summed E-state index contributed by atoms with van der Waals surface area (Å²) in [6.45, 7) is 7.53. The van der Waals surface area contributed by atoms with Crippen LogP contribution in [-0.2, 0) is 6.54 Å². The first-order valence-corrected chi connectivity index (χ1v) is 5.79. The molecule has 1 rings (SSSR count). The van der Waals surface area contributed by atoms with Gasteiger partial charge >= 0.3 is 0 Å². The van der Waals surface area contributed by atoms with Gasteiger partial charge in [0.1, 0.15) is 0 Å². The monoisotopic (exact) mass is 225 g/mol. The van der Waals surface area contributed by atoms with E-state index in [1.54, 1.807) is 6.07 Å². The van der Waals surface area contributed by atoms with E-state index < -0.39 is 0 Å². The van der Waals surface area contributed by atoms with Crippen molar-refractivity contribution in [3.05, 3.63) is 29.6 Å². The number of ether oxygens (including phenoxy) is 1. The average Bonchev–Trinajstić information content (AvgIpc) is 2.22. The molecule has 90 valence electrons. The summed E-state index contributed by atoms with van der Waals surface area (Å²) in [5.41, 5.74) is 0.946. The maximum Gasteiger partial charge on any atom is 0.165 e. The second-order valence-electron chi connectivity index (χ2n) is 4.11. The van der Waals surface area contributed by atoms with Gasteiger partial charge in [0, 0.05) is 6.54 Å². The minimum atomic E-state index is -0.288. The Balaban J connectivity index is 2.60. The predicted octanol–water partition coefficient (Wildman–Crippen LogP) is 3.11. The second kappa shape index (κ2) is 6.48.